The highest BCUT2D eigenvalue weighted by molar-refractivity contribution is 5.76. The molecule has 0 aliphatic heterocycles. The first kappa shape index (κ1) is 17.0. The lowest BCUT2D eigenvalue weighted by molar-refractivity contribution is -0.577. The Hall–Kier alpha value is -3.42. The second-order valence-corrected chi connectivity index (χ2v) is 6.05. The highest BCUT2D eigenvalue weighted by atomic mass is 19.4. The first-order valence-corrected chi connectivity index (χ1v) is 8.06. The number of benzene rings is 2. The molecule has 0 unspecified atom stereocenters. The van der Waals surface area contributed by atoms with Gasteiger partial charge in [0.2, 0.25) is 5.52 Å². The Labute approximate surface area is 151 Å². The Kier molecular flexibility index (Phi) is 4.02. The van der Waals surface area contributed by atoms with Crippen LogP contribution in [0.5, 0.6) is 0 Å². The second kappa shape index (κ2) is 6.39. The number of halogens is 3. The average Bonchev–Trinajstić information content (AvgIpc) is 3.16. The van der Waals surface area contributed by atoms with Crippen LogP contribution in [0.15, 0.2) is 73.4 Å². The zero-order chi connectivity index (χ0) is 19.0. The van der Waals surface area contributed by atoms with E-state index < -0.39 is 17.8 Å². The summed E-state index contributed by atoms with van der Waals surface area (Å²) in [6.07, 6.45) is -0.273. The molecular weight excluding hydrogens is 357 g/mol. The van der Waals surface area contributed by atoms with Gasteiger partial charge in [-0.1, -0.05) is 12.1 Å². The van der Waals surface area contributed by atoms with Crippen molar-refractivity contribution in [2.75, 3.05) is 0 Å². The van der Waals surface area contributed by atoms with Crippen molar-refractivity contribution < 1.29 is 17.9 Å². The van der Waals surface area contributed by atoms with Gasteiger partial charge in [-0.05, 0) is 41.5 Å². The van der Waals surface area contributed by atoms with Crippen LogP contribution in [0, 0.1) is 5.21 Å². The molecule has 0 amide bonds. The van der Waals surface area contributed by atoms with Crippen molar-refractivity contribution in [2.45, 2.75) is 12.2 Å². The molecular formula is C19H13F3N4O. The van der Waals surface area contributed by atoms with E-state index in [0.717, 1.165) is 16.9 Å². The molecule has 2 aromatic carbocycles. The summed E-state index contributed by atoms with van der Waals surface area (Å²) in [5.74, 6) is 0. The average molecular weight is 370 g/mol. The van der Waals surface area contributed by atoms with E-state index in [1.165, 1.54) is 29.6 Å². The summed E-state index contributed by atoms with van der Waals surface area (Å²) in [7, 11) is 0. The molecule has 136 valence electrons. The van der Waals surface area contributed by atoms with Crippen molar-refractivity contribution in [2.24, 2.45) is 0 Å². The molecule has 0 bridgehead atoms. The Morgan fingerprint density at radius 1 is 1.00 bits per heavy atom. The third-order valence-electron chi connectivity index (χ3n) is 4.33. The van der Waals surface area contributed by atoms with Crippen LogP contribution >= 0.6 is 0 Å². The standard InChI is InChI=1S/C19H13F3N4O/c20-19(21,22)16-5-1-3-14(10-16)18(25-12-23-11-24-25)15-6-7-17-13(9-15)4-2-8-26(17)27/h1-12,18H/t18-/m0/s1. The van der Waals surface area contributed by atoms with Crippen LogP contribution < -0.4 is 4.73 Å². The molecule has 5 nitrogen and oxygen atoms in total. The second-order valence-electron chi connectivity index (χ2n) is 6.05. The van der Waals surface area contributed by atoms with Crippen LogP contribution in [0.1, 0.15) is 22.7 Å². The van der Waals surface area contributed by atoms with Gasteiger partial charge in [0, 0.05) is 17.5 Å². The zero-order valence-corrected chi connectivity index (χ0v) is 13.8. The van der Waals surface area contributed by atoms with Crippen LogP contribution in [-0.2, 0) is 6.18 Å². The fourth-order valence-corrected chi connectivity index (χ4v) is 3.12. The van der Waals surface area contributed by atoms with Gasteiger partial charge in [0.05, 0.1) is 5.56 Å². The van der Waals surface area contributed by atoms with Gasteiger partial charge < -0.3 is 5.21 Å². The molecule has 0 saturated carbocycles. The van der Waals surface area contributed by atoms with Crippen LogP contribution in [0.3, 0.4) is 0 Å². The maximum Gasteiger partial charge on any atom is 0.416 e. The lowest BCUT2D eigenvalue weighted by atomic mass is 9.96. The summed E-state index contributed by atoms with van der Waals surface area (Å²) < 4.78 is 41.7. The number of alkyl halides is 3. The van der Waals surface area contributed by atoms with E-state index in [0.29, 0.717) is 22.0 Å². The van der Waals surface area contributed by atoms with Gasteiger partial charge >= 0.3 is 6.18 Å². The minimum Gasteiger partial charge on any atom is -0.618 e. The SMILES string of the molecule is [O-][n+]1cccc2cc([C@H](c3cccc(C(F)(F)F)c3)n3cncn3)ccc21. The van der Waals surface area contributed by atoms with Gasteiger partial charge in [0.15, 0.2) is 6.20 Å². The summed E-state index contributed by atoms with van der Waals surface area (Å²) in [5.41, 5.74) is 0.852. The number of aromatic nitrogens is 4. The number of hydrogen-bond acceptors (Lipinski definition) is 3. The van der Waals surface area contributed by atoms with E-state index in [2.05, 4.69) is 10.1 Å². The van der Waals surface area contributed by atoms with E-state index in [1.807, 2.05) is 0 Å². The lowest BCUT2D eigenvalue weighted by Gasteiger charge is -2.20. The smallest absolute Gasteiger partial charge is 0.416 e. The Balaban J connectivity index is 1.89. The molecule has 2 heterocycles. The van der Waals surface area contributed by atoms with Crippen molar-refractivity contribution >= 4 is 10.9 Å². The van der Waals surface area contributed by atoms with Crippen LogP contribution in [-0.4, -0.2) is 14.8 Å². The van der Waals surface area contributed by atoms with E-state index in [9.17, 15) is 18.4 Å². The number of fused-ring (bicyclic) bond motifs is 1. The number of nitrogens with zero attached hydrogens (tertiary/aromatic N) is 4. The van der Waals surface area contributed by atoms with Gasteiger partial charge in [-0.2, -0.15) is 23.0 Å². The highest BCUT2D eigenvalue weighted by Gasteiger charge is 2.31. The predicted octanol–water partition coefficient (Wildman–Crippen LogP) is 3.72. The number of hydrogen-bond donors (Lipinski definition) is 0. The summed E-state index contributed by atoms with van der Waals surface area (Å²) in [6.45, 7) is 0. The molecule has 0 spiro atoms. The first-order valence-electron chi connectivity index (χ1n) is 8.06. The molecule has 4 rings (SSSR count). The van der Waals surface area contributed by atoms with Gasteiger partial charge in [-0.15, -0.1) is 0 Å². The van der Waals surface area contributed by atoms with Crippen LogP contribution in [0.2, 0.25) is 0 Å². The fraction of sp³-hybridized carbons (Fsp3) is 0.105. The molecule has 2 aromatic heterocycles. The number of rotatable bonds is 3. The van der Waals surface area contributed by atoms with E-state index in [-0.39, 0.29) is 0 Å². The van der Waals surface area contributed by atoms with E-state index in [4.69, 9.17) is 0 Å². The van der Waals surface area contributed by atoms with E-state index in [1.54, 1.807) is 36.4 Å². The van der Waals surface area contributed by atoms with Crippen LogP contribution in [0.25, 0.3) is 10.9 Å². The third-order valence-corrected chi connectivity index (χ3v) is 4.33. The van der Waals surface area contributed by atoms with E-state index >= 15 is 0 Å². The van der Waals surface area contributed by atoms with Crippen molar-refractivity contribution in [1.29, 1.82) is 0 Å². The van der Waals surface area contributed by atoms with Crippen LogP contribution in [0.4, 0.5) is 13.2 Å². The Morgan fingerprint density at radius 2 is 1.81 bits per heavy atom. The topological polar surface area (TPSA) is 57.6 Å². The molecule has 0 aliphatic carbocycles. The van der Waals surface area contributed by atoms with Crippen molar-refractivity contribution in [3.05, 3.63) is 95.3 Å². The van der Waals surface area contributed by atoms with Crippen molar-refractivity contribution in [3.63, 3.8) is 0 Å². The minimum atomic E-state index is -4.44. The largest absolute Gasteiger partial charge is 0.618 e. The van der Waals surface area contributed by atoms with Gasteiger partial charge in [-0.3, -0.25) is 0 Å². The van der Waals surface area contributed by atoms with Crippen molar-refractivity contribution in [3.8, 4) is 0 Å². The molecule has 1 atom stereocenters. The molecule has 0 radical (unpaired) electrons. The van der Waals surface area contributed by atoms with Gasteiger partial charge in [0.1, 0.15) is 18.7 Å². The Bertz CT molecular complexity index is 1090. The summed E-state index contributed by atoms with van der Waals surface area (Å²) in [6, 6.07) is 13.0. The zero-order valence-electron chi connectivity index (χ0n) is 13.8. The molecule has 0 N–H and O–H groups in total. The monoisotopic (exact) mass is 370 g/mol. The van der Waals surface area contributed by atoms with Crippen molar-refractivity contribution in [1.82, 2.24) is 14.8 Å². The molecule has 4 aromatic rings. The summed E-state index contributed by atoms with van der Waals surface area (Å²) in [4.78, 5) is 3.92. The normalized spacial score (nSPS) is 13.0. The number of pyridine rings is 1. The quantitative estimate of drug-likeness (QED) is 0.408. The maximum atomic E-state index is 13.2. The molecule has 0 fully saturated rings. The first-order chi connectivity index (χ1) is 12.9. The summed E-state index contributed by atoms with van der Waals surface area (Å²) in [5, 5.41) is 16.7. The third kappa shape index (κ3) is 3.21. The fourth-order valence-electron chi connectivity index (χ4n) is 3.12. The Morgan fingerprint density at radius 3 is 2.56 bits per heavy atom. The lowest BCUT2D eigenvalue weighted by Crippen LogP contribution is -2.25. The molecule has 0 saturated heterocycles. The molecule has 0 aliphatic rings. The summed E-state index contributed by atoms with van der Waals surface area (Å²) >= 11 is 0. The van der Waals surface area contributed by atoms with Gasteiger partial charge in [0.25, 0.3) is 0 Å². The predicted molar refractivity (Wildman–Crippen MR) is 91.6 cm³/mol. The molecule has 27 heavy (non-hydrogen) atoms. The van der Waals surface area contributed by atoms with Gasteiger partial charge in [-0.25, -0.2) is 9.67 Å². The minimum absolute atomic E-state index is 0.417. The molecule has 8 heteroatoms. The highest BCUT2D eigenvalue weighted by Crippen LogP contribution is 2.33. The maximum absolute atomic E-state index is 13.2.